The fraction of sp³-hybridized carbons (Fsp3) is 0.145. The van der Waals surface area contributed by atoms with E-state index in [1.54, 1.807) is 24.3 Å². The van der Waals surface area contributed by atoms with Gasteiger partial charge in [-0.25, -0.2) is 13.8 Å². The van der Waals surface area contributed by atoms with Gasteiger partial charge in [-0.2, -0.15) is 0 Å². The van der Waals surface area contributed by atoms with Gasteiger partial charge in [0.25, 0.3) is 0 Å². The minimum absolute atomic E-state index is 0.114. The summed E-state index contributed by atoms with van der Waals surface area (Å²) < 4.78 is 73.8. The van der Waals surface area contributed by atoms with Crippen LogP contribution in [-0.2, 0) is 11.8 Å². The molecule has 0 N–H and O–H groups in total. The summed E-state index contributed by atoms with van der Waals surface area (Å²) >= 11 is 0. The zero-order valence-corrected chi connectivity index (χ0v) is 43.6. The van der Waals surface area contributed by atoms with Gasteiger partial charge in [-0.05, 0) is 130 Å². The van der Waals surface area contributed by atoms with Gasteiger partial charge in [0.1, 0.15) is 35.4 Å². The average Bonchev–Trinajstić information content (AvgIpc) is 3.51. The van der Waals surface area contributed by atoms with Crippen LogP contribution in [0.4, 0.5) is 31.5 Å². The van der Waals surface area contributed by atoms with Crippen molar-refractivity contribution < 1.29 is 22.0 Å². The van der Waals surface area contributed by atoms with Crippen molar-refractivity contribution in [1.29, 1.82) is 0 Å². The summed E-state index contributed by atoms with van der Waals surface area (Å²) in [6.07, 6.45) is -2.18. The van der Waals surface area contributed by atoms with Crippen LogP contribution in [0.15, 0.2) is 211 Å². The van der Waals surface area contributed by atoms with E-state index < -0.39 is 23.4 Å². The van der Waals surface area contributed by atoms with Crippen LogP contribution in [-0.4, -0.2) is 16.2 Å². The van der Waals surface area contributed by atoms with E-state index in [4.69, 9.17) is 14.1 Å². The fourth-order valence-corrected chi connectivity index (χ4v) is 11.0. The Morgan fingerprint density at radius 1 is 0.571 bits per heavy atom. The Morgan fingerprint density at radius 3 is 1.88 bits per heavy atom. The molecule has 0 radical (unpaired) electrons. The number of halogens is 2. The molecule has 9 aromatic carbocycles. The molecule has 12 aromatic rings. The van der Waals surface area contributed by atoms with Gasteiger partial charge in [0.05, 0.1) is 34.9 Å². The number of hydrogen-bond donors (Lipinski definition) is 0. The van der Waals surface area contributed by atoms with E-state index in [1.807, 2.05) is 79.9 Å². The molecule has 0 unspecified atom stereocenters. The molecule has 6 nitrogen and oxygen atoms in total. The van der Waals surface area contributed by atoms with Gasteiger partial charge < -0.3 is 19.0 Å². The number of benzene rings is 9. The molecule has 0 amide bonds. The van der Waals surface area contributed by atoms with Gasteiger partial charge >= 0.3 is 0 Å². The van der Waals surface area contributed by atoms with Crippen molar-refractivity contribution in [1.82, 2.24) is 9.55 Å². The lowest BCUT2D eigenvalue weighted by atomic mass is 9.82. The topological polar surface area (TPSA) is 46.7 Å². The SMILES string of the molecule is [2H]c1nc(-n2c3cc(Oc4cccc(N5CN(c6c(-c7ccccc7)cc(C(C)(C)C)cc6-c6ccccc6)c6ccccc65)c4)ccc3c3c4oc5c(F)cccc5c4ccc32)cc(C([2H])([2H])C(C)(C)C)c1-c1ccc(F)cc1. The Morgan fingerprint density at radius 2 is 1.19 bits per heavy atom. The minimum atomic E-state index is -2.00. The molecule has 0 bridgehead atoms. The summed E-state index contributed by atoms with van der Waals surface area (Å²) in [5.41, 5.74) is 11.8. The highest BCUT2D eigenvalue weighted by atomic mass is 19.1. The Kier molecular flexibility index (Phi) is 10.6. The molecule has 378 valence electrons. The summed E-state index contributed by atoms with van der Waals surface area (Å²) in [6, 6.07) is 64.5. The first-order chi connectivity index (χ1) is 38.4. The zero-order chi connectivity index (χ0) is 55.4. The number of furan rings is 1. The fourth-order valence-electron chi connectivity index (χ4n) is 11.0. The number of nitrogens with zero attached hydrogens (tertiary/aromatic N) is 4. The van der Waals surface area contributed by atoms with Gasteiger partial charge in [-0.15, -0.1) is 0 Å². The zero-order valence-electron chi connectivity index (χ0n) is 46.6. The Hall–Kier alpha value is -9.01. The van der Waals surface area contributed by atoms with Crippen molar-refractivity contribution in [3.05, 3.63) is 229 Å². The van der Waals surface area contributed by atoms with Crippen molar-refractivity contribution in [2.75, 3.05) is 16.5 Å². The van der Waals surface area contributed by atoms with Gasteiger partial charge in [-0.3, -0.25) is 4.57 Å². The molecule has 1 aliphatic heterocycles. The highest BCUT2D eigenvalue weighted by Gasteiger charge is 2.33. The largest absolute Gasteiger partial charge is 0.457 e. The third-order valence-electron chi connectivity index (χ3n) is 14.5. The first kappa shape index (κ1) is 44.3. The van der Waals surface area contributed by atoms with Crippen LogP contribution in [0.2, 0.25) is 0 Å². The maximum Gasteiger partial charge on any atom is 0.171 e. The molecule has 0 spiro atoms. The van der Waals surface area contributed by atoms with Crippen LogP contribution in [0.25, 0.3) is 82.9 Å². The molecule has 77 heavy (non-hydrogen) atoms. The van der Waals surface area contributed by atoms with Crippen molar-refractivity contribution in [2.45, 2.75) is 53.3 Å². The average molecular weight is 1010 g/mol. The highest BCUT2D eigenvalue weighted by molar-refractivity contribution is 6.24. The van der Waals surface area contributed by atoms with Crippen LogP contribution in [0, 0.1) is 17.0 Å². The molecular weight excluding hydrogens is 955 g/mol. The molecule has 3 aromatic heterocycles. The quantitative estimate of drug-likeness (QED) is 0.144. The van der Waals surface area contributed by atoms with Crippen LogP contribution in [0.3, 0.4) is 0 Å². The number of anilines is 4. The summed E-state index contributed by atoms with van der Waals surface area (Å²) in [4.78, 5) is 9.66. The number of rotatable bonds is 9. The van der Waals surface area contributed by atoms with Crippen LogP contribution in [0.1, 0.15) is 56.8 Å². The van der Waals surface area contributed by atoms with Crippen LogP contribution in [0.5, 0.6) is 11.5 Å². The molecule has 0 saturated carbocycles. The van der Waals surface area contributed by atoms with E-state index in [-0.39, 0.29) is 34.1 Å². The lowest BCUT2D eigenvalue weighted by molar-refractivity contribution is 0.411. The van der Waals surface area contributed by atoms with E-state index in [9.17, 15) is 8.50 Å². The third kappa shape index (κ3) is 8.54. The molecule has 0 fully saturated rings. The van der Waals surface area contributed by atoms with Crippen LogP contribution < -0.4 is 14.5 Å². The smallest absolute Gasteiger partial charge is 0.171 e. The molecular formula is C69H56F2N4O2. The van der Waals surface area contributed by atoms with E-state index in [1.165, 1.54) is 23.8 Å². The molecule has 0 aliphatic carbocycles. The second-order valence-electron chi connectivity index (χ2n) is 22.0. The molecule has 13 rings (SSSR count). The molecule has 1 aliphatic rings. The van der Waals surface area contributed by atoms with E-state index in [2.05, 4.69) is 134 Å². The summed E-state index contributed by atoms with van der Waals surface area (Å²) in [5.74, 6) is 0.454. The van der Waals surface area contributed by atoms with Crippen molar-refractivity contribution >= 4 is 66.5 Å². The minimum Gasteiger partial charge on any atom is -0.457 e. The van der Waals surface area contributed by atoms with Crippen molar-refractivity contribution in [3.63, 3.8) is 0 Å². The Balaban J connectivity index is 0.948. The molecule has 0 atom stereocenters. The van der Waals surface area contributed by atoms with E-state index >= 15 is 4.39 Å². The van der Waals surface area contributed by atoms with Gasteiger partial charge in [0, 0.05) is 59.6 Å². The number of hydrogen-bond acceptors (Lipinski definition) is 5. The standard InChI is InChI=1S/C69H56F2N4O2/c1-68(2,3)40-46-35-63(72-41-57(46)45-27-29-48(70)30-28-45)75-61-34-33-53-52-23-16-24-58(71)66(52)77-67(53)64(61)54-32-31-51(39-62(54)75)76-50-22-15-21-49(38-50)73-42-74(60-26-14-13-25-59(60)73)65-55(43-17-9-7-10-18-43)36-47(69(4,5)6)37-56(65)44-19-11-8-12-20-44/h7-39,41H,40,42H2,1-6H3/i40D2,41D. The van der Waals surface area contributed by atoms with Gasteiger partial charge in [0.15, 0.2) is 11.4 Å². The predicted molar refractivity (Wildman–Crippen MR) is 312 cm³/mol. The number of ether oxygens (including phenoxy) is 1. The first-order valence-electron chi connectivity index (χ1n) is 27.5. The Bertz CT molecular complexity index is 4350. The van der Waals surface area contributed by atoms with E-state index in [0.29, 0.717) is 51.1 Å². The van der Waals surface area contributed by atoms with Crippen molar-refractivity contribution in [3.8, 4) is 50.7 Å². The Labute approximate surface area is 451 Å². The second-order valence-corrected chi connectivity index (χ2v) is 22.0. The monoisotopic (exact) mass is 1010 g/mol. The number of para-hydroxylation sites is 3. The third-order valence-corrected chi connectivity index (χ3v) is 14.5. The molecule has 4 heterocycles. The maximum absolute atomic E-state index is 15.5. The lowest BCUT2D eigenvalue weighted by Crippen LogP contribution is -2.25. The predicted octanol–water partition coefficient (Wildman–Crippen LogP) is 19.3. The number of aromatic nitrogens is 2. The summed E-state index contributed by atoms with van der Waals surface area (Å²) in [6.45, 7) is 12.8. The molecule has 8 heteroatoms. The first-order valence-corrected chi connectivity index (χ1v) is 26.0. The maximum atomic E-state index is 15.5. The normalized spacial score (nSPS) is 13.6. The number of fused-ring (bicyclic) bond motifs is 8. The molecule has 0 saturated heterocycles. The lowest BCUT2D eigenvalue weighted by Gasteiger charge is -2.30. The summed E-state index contributed by atoms with van der Waals surface area (Å²) in [5, 5.41) is 2.80. The second kappa shape index (κ2) is 18.4. The summed E-state index contributed by atoms with van der Waals surface area (Å²) in [7, 11) is 0. The number of pyridine rings is 1. The van der Waals surface area contributed by atoms with E-state index in [0.717, 1.165) is 55.8 Å². The highest BCUT2D eigenvalue weighted by Crippen LogP contribution is 2.52. The van der Waals surface area contributed by atoms with Crippen LogP contribution >= 0.6 is 0 Å². The van der Waals surface area contributed by atoms with Gasteiger partial charge in [0.2, 0.25) is 0 Å². The van der Waals surface area contributed by atoms with Gasteiger partial charge in [-0.1, -0.05) is 145 Å². The van der Waals surface area contributed by atoms with Crippen molar-refractivity contribution in [2.24, 2.45) is 5.41 Å².